The monoisotopic (exact) mass is 392 g/mol. The molecule has 23 heavy (non-hydrogen) atoms. The summed E-state index contributed by atoms with van der Waals surface area (Å²) in [5.74, 6) is -2.12. The van der Waals surface area contributed by atoms with Crippen LogP contribution in [-0.2, 0) is 4.74 Å². The molecule has 9 heteroatoms. The maximum Gasteiger partial charge on any atom is 0.456 e. The number of rotatable bonds is 1. The van der Waals surface area contributed by atoms with Gasteiger partial charge in [0.15, 0.2) is 0 Å². The molecule has 1 heterocycles. The van der Waals surface area contributed by atoms with Crippen molar-refractivity contribution in [2.75, 3.05) is 0 Å². The first-order chi connectivity index (χ1) is 10.4. The largest absolute Gasteiger partial charge is 0.456 e. The van der Waals surface area contributed by atoms with Gasteiger partial charge in [0, 0.05) is 9.86 Å². The summed E-state index contributed by atoms with van der Waals surface area (Å²) in [6, 6.07) is 4.19. The van der Waals surface area contributed by atoms with Gasteiger partial charge in [-0.05, 0) is 39.0 Å². The summed E-state index contributed by atoms with van der Waals surface area (Å²) in [6.07, 6.45) is -6.06. The highest BCUT2D eigenvalue weighted by molar-refractivity contribution is 9.10. The third-order valence-electron chi connectivity index (χ3n) is 2.68. The minimum absolute atomic E-state index is 0.0510. The molecule has 5 nitrogen and oxygen atoms in total. The highest BCUT2D eigenvalue weighted by Gasteiger charge is 2.42. The van der Waals surface area contributed by atoms with Gasteiger partial charge in [-0.3, -0.25) is 4.79 Å². The van der Waals surface area contributed by atoms with E-state index in [0.29, 0.717) is 9.15 Å². The Balaban J connectivity index is 2.64. The molecule has 0 N–H and O–H groups in total. The predicted octanol–water partition coefficient (Wildman–Crippen LogP) is 4.33. The minimum atomic E-state index is -5.09. The summed E-state index contributed by atoms with van der Waals surface area (Å²) in [4.78, 5) is 23.7. The molecule has 0 saturated heterocycles. The van der Waals surface area contributed by atoms with Gasteiger partial charge < -0.3 is 4.74 Å². The SMILES string of the molecule is CC(C)(C)OC(=O)n1nc(C(=O)C(F)(F)F)c2cc(Br)ccc21. The van der Waals surface area contributed by atoms with Gasteiger partial charge in [0.25, 0.3) is 5.78 Å². The maximum atomic E-state index is 12.7. The Bertz CT molecular complexity index is 791. The van der Waals surface area contributed by atoms with Gasteiger partial charge in [0.1, 0.15) is 11.3 Å². The minimum Gasteiger partial charge on any atom is -0.442 e. The fourth-order valence-corrected chi connectivity index (χ4v) is 2.20. The molecule has 0 radical (unpaired) electrons. The number of aromatic nitrogens is 2. The van der Waals surface area contributed by atoms with Crippen LogP contribution in [0.1, 0.15) is 31.3 Å². The van der Waals surface area contributed by atoms with Crippen LogP contribution in [0.15, 0.2) is 22.7 Å². The van der Waals surface area contributed by atoms with Crippen LogP contribution >= 0.6 is 15.9 Å². The Kier molecular flexibility index (Phi) is 4.27. The Morgan fingerprint density at radius 3 is 2.35 bits per heavy atom. The average molecular weight is 393 g/mol. The normalized spacial score (nSPS) is 12.5. The quantitative estimate of drug-likeness (QED) is 0.677. The maximum absolute atomic E-state index is 12.7. The van der Waals surface area contributed by atoms with Crippen molar-refractivity contribution >= 4 is 38.7 Å². The molecule has 0 bridgehead atoms. The molecule has 2 aromatic rings. The summed E-state index contributed by atoms with van der Waals surface area (Å²) in [5.41, 5.74) is -1.66. The predicted molar refractivity (Wildman–Crippen MR) is 79.5 cm³/mol. The Morgan fingerprint density at radius 1 is 1.22 bits per heavy atom. The van der Waals surface area contributed by atoms with Crippen molar-refractivity contribution in [2.45, 2.75) is 32.5 Å². The van der Waals surface area contributed by atoms with E-state index >= 15 is 0 Å². The van der Waals surface area contributed by atoms with Crippen LogP contribution in [0.5, 0.6) is 0 Å². The molecule has 0 aliphatic rings. The molecular formula is C14H12BrF3N2O3. The van der Waals surface area contributed by atoms with E-state index in [9.17, 15) is 22.8 Å². The van der Waals surface area contributed by atoms with Gasteiger partial charge in [-0.2, -0.15) is 23.0 Å². The summed E-state index contributed by atoms with van der Waals surface area (Å²) in [7, 11) is 0. The van der Waals surface area contributed by atoms with E-state index in [1.54, 1.807) is 20.8 Å². The van der Waals surface area contributed by atoms with Crippen LogP contribution in [0.4, 0.5) is 18.0 Å². The van der Waals surface area contributed by atoms with E-state index in [0.717, 1.165) is 0 Å². The fourth-order valence-electron chi connectivity index (χ4n) is 1.84. The first-order valence-corrected chi connectivity index (χ1v) is 7.22. The molecule has 0 spiro atoms. The zero-order chi connectivity index (χ0) is 17.6. The highest BCUT2D eigenvalue weighted by atomic mass is 79.9. The molecule has 0 saturated carbocycles. The number of hydrogen-bond acceptors (Lipinski definition) is 4. The molecule has 0 aliphatic heterocycles. The number of halogens is 4. The van der Waals surface area contributed by atoms with E-state index in [-0.39, 0.29) is 10.9 Å². The average Bonchev–Trinajstić information content (AvgIpc) is 2.73. The Hall–Kier alpha value is -1.90. The van der Waals surface area contributed by atoms with Crippen molar-refractivity contribution in [3.63, 3.8) is 0 Å². The number of carbonyl (C=O) groups excluding carboxylic acids is 2. The molecule has 0 unspecified atom stereocenters. The van der Waals surface area contributed by atoms with Crippen molar-refractivity contribution in [1.82, 2.24) is 9.78 Å². The molecule has 124 valence electrons. The second-order valence-electron chi connectivity index (χ2n) is 5.73. The summed E-state index contributed by atoms with van der Waals surface area (Å²) >= 11 is 3.12. The van der Waals surface area contributed by atoms with Crippen LogP contribution in [-0.4, -0.2) is 33.4 Å². The fraction of sp³-hybridized carbons (Fsp3) is 0.357. The van der Waals surface area contributed by atoms with Crippen LogP contribution in [0.3, 0.4) is 0 Å². The van der Waals surface area contributed by atoms with Crippen molar-refractivity contribution < 1.29 is 27.5 Å². The van der Waals surface area contributed by atoms with E-state index in [2.05, 4.69) is 21.0 Å². The number of fused-ring (bicyclic) bond motifs is 1. The molecular weight excluding hydrogens is 381 g/mol. The van der Waals surface area contributed by atoms with Crippen LogP contribution in [0.25, 0.3) is 10.9 Å². The second-order valence-corrected chi connectivity index (χ2v) is 6.64. The number of nitrogens with zero attached hydrogens (tertiary/aromatic N) is 2. The molecule has 1 aromatic carbocycles. The smallest absolute Gasteiger partial charge is 0.442 e. The van der Waals surface area contributed by atoms with Gasteiger partial charge in [0.2, 0.25) is 0 Å². The summed E-state index contributed by atoms with van der Waals surface area (Å²) in [6.45, 7) is 4.82. The van der Waals surface area contributed by atoms with E-state index in [4.69, 9.17) is 4.74 Å². The molecule has 0 amide bonds. The lowest BCUT2D eigenvalue weighted by atomic mass is 10.1. The topological polar surface area (TPSA) is 61.2 Å². The third kappa shape index (κ3) is 3.72. The standard InChI is InChI=1S/C14H12BrF3N2O3/c1-13(2,3)23-12(22)20-9-5-4-7(15)6-8(9)10(19-20)11(21)14(16,17)18/h4-6H,1-3H3. The lowest BCUT2D eigenvalue weighted by Gasteiger charge is -2.19. The number of ketones is 1. The van der Waals surface area contributed by atoms with Gasteiger partial charge >= 0.3 is 12.3 Å². The highest BCUT2D eigenvalue weighted by Crippen LogP contribution is 2.29. The second kappa shape index (κ2) is 5.63. The Labute approximate surface area is 137 Å². The molecule has 0 aliphatic carbocycles. The summed E-state index contributed by atoms with van der Waals surface area (Å²) in [5, 5.41) is 3.44. The van der Waals surface area contributed by atoms with Crippen molar-refractivity contribution in [2.24, 2.45) is 0 Å². The van der Waals surface area contributed by atoms with Crippen LogP contribution < -0.4 is 0 Å². The van der Waals surface area contributed by atoms with Gasteiger partial charge in [-0.1, -0.05) is 15.9 Å². The number of benzene rings is 1. The van der Waals surface area contributed by atoms with Crippen LogP contribution in [0, 0.1) is 0 Å². The molecule has 1 aromatic heterocycles. The number of carbonyl (C=O) groups is 2. The zero-order valence-corrected chi connectivity index (χ0v) is 13.9. The summed E-state index contributed by atoms with van der Waals surface area (Å²) < 4.78 is 44.4. The van der Waals surface area contributed by atoms with Crippen molar-refractivity contribution in [3.8, 4) is 0 Å². The first kappa shape index (κ1) is 17.5. The van der Waals surface area contributed by atoms with Gasteiger partial charge in [-0.25, -0.2) is 4.79 Å². The lowest BCUT2D eigenvalue weighted by Crippen LogP contribution is -2.28. The van der Waals surface area contributed by atoms with Gasteiger partial charge in [0.05, 0.1) is 5.52 Å². The van der Waals surface area contributed by atoms with E-state index in [1.807, 2.05) is 0 Å². The third-order valence-corrected chi connectivity index (χ3v) is 3.17. The van der Waals surface area contributed by atoms with Crippen molar-refractivity contribution in [1.29, 1.82) is 0 Å². The Morgan fingerprint density at radius 2 is 1.83 bits per heavy atom. The van der Waals surface area contributed by atoms with Crippen molar-refractivity contribution in [3.05, 3.63) is 28.4 Å². The van der Waals surface area contributed by atoms with Crippen LogP contribution in [0.2, 0.25) is 0 Å². The number of Topliss-reactive ketones (excluding diaryl/α,β-unsaturated/α-hetero) is 1. The molecule has 2 rings (SSSR count). The number of ether oxygens (including phenoxy) is 1. The number of hydrogen-bond donors (Lipinski definition) is 0. The number of alkyl halides is 3. The van der Waals surface area contributed by atoms with E-state index in [1.165, 1.54) is 18.2 Å². The van der Waals surface area contributed by atoms with Gasteiger partial charge in [-0.15, -0.1) is 0 Å². The first-order valence-electron chi connectivity index (χ1n) is 6.43. The molecule has 0 fully saturated rings. The molecule has 0 atom stereocenters. The lowest BCUT2D eigenvalue weighted by molar-refractivity contribution is -0.0887. The van der Waals surface area contributed by atoms with E-state index < -0.39 is 29.3 Å². The zero-order valence-electron chi connectivity index (χ0n) is 12.4.